The number of nitrogens with one attached hydrogen (secondary N) is 1. The van der Waals surface area contributed by atoms with E-state index in [4.69, 9.17) is 21.6 Å². The molecule has 1 rings (SSSR count). The Hall–Kier alpha value is -1.24. The molecule has 0 unspecified atom stereocenters. The SMILES string of the molecule is COc1ccc(CNCCC#N)c(Cl)c1. The van der Waals surface area contributed by atoms with Crippen LogP contribution in [-0.4, -0.2) is 13.7 Å². The number of halogens is 1. The fourth-order valence-electron chi connectivity index (χ4n) is 1.17. The molecular formula is C11H13ClN2O. The minimum atomic E-state index is 0.508. The maximum Gasteiger partial charge on any atom is 0.120 e. The molecule has 0 aliphatic rings. The number of nitrogens with zero attached hydrogens (tertiary/aromatic N) is 1. The number of hydrogen-bond acceptors (Lipinski definition) is 3. The van der Waals surface area contributed by atoms with Crippen molar-refractivity contribution >= 4 is 11.6 Å². The van der Waals surface area contributed by atoms with E-state index in [1.165, 1.54) is 0 Å². The van der Waals surface area contributed by atoms with E-state index in [1.54, 1.807) is 13.2 Å². The lowest BCUT2D eigenvalue weighted by Gasteiger charge is -2.07. The zero-order valence-electron chi connectivity index (χ0n) is 8.59. The summed E-state index contributed by atoms with van der Waals surface area (Å²) in [5.41, 5.74) is 1.01. The first-order chi connectivity index (χ1) is 7.27. The van der Waals surface area contributed by atoms with Gasteiger partial charge in [-0.25, -0.2) is 0 Å². The molecule has 0 spiro atoms. The molecule has 0 fully saturated rings. The van der Waals surface area contributed by atoms with Crippen molar-refractivity contribution in [2.45, 2.75) is 13.0 Å². The summed E-state index contributed by atoms with van der Waals surface area (Å²) in [6, 6.07) is 7.64. The largest absolute Gasteiger partial charge is 0.497 e. The van der Waals surface area contributed by atoms with Crippen molar-refractivity contribution in [3.63, 3.8) is 0 Å². The van der Waals surface area contributed by atoms with Crippen molar-refractivity contribution in [3.8, 4) is 11.8 Å². The Morgan fingerprint density at radius 2 is 2.33 bits per heavy atom. The van der Waals surface area contributed by atoms with Crippen molar-refractivity contribution in [1.82, 2.24) is 5.32 Å². The van der Waals surface area contributed by atoms with Crippen LogP contribution in [0.5, 0.6) is 5.75 Å². The summed E-state index contributed by atoms with van der Waals surface area (Å²) in [5, 5.41) is 12.2. The summed E-state index contributed by atoms with van der Waals surface area (Å²) in [5.74, 6) is 0.751. The highest BCUT2D eigenvalue weighted by Gasteiger charge is 2.01. The number of ether oxygens (including phenoxy) is 1. The quantitative estimate of drug-likeness (QED) is 0.781. The maximum atomic E-state index is 8.35. The molecule has 0 aliphatic carbocycles. The van der Waals surface area contributed by atoms with Gasteiger partial charge in [-0.3, -0.25) is 0 Å². The molecule has 3 nitrogen and oxygen atoms in total. The van der Waals surface area contributed by atoms with E-state index in [1.807, 2.05) is 12.1 Å². The average molecular weight is 225 g/mol. The predicted molar refractivity (Wildman–Crippen MR) is 59.9 cm³/mol. The van der Waals surface area contributed by atoms with Crippen LogP contribution in [0.4, 0.5) is 0 Å². The first-order valence-corrected chi connectivity index (χ1v) is 5.06. The molecule has 80 valence electrons. The van der Waals surface area contributed by atoms with Gasteiger partial charge in [0.25, 0.3) is 0 Å². The van der Waals surface area contributed by atoms with Crippen molar-refractivity contribution < 1.29 is 4.74 Å². The van der Waals surface area contributed by atoms with E-state index < -0.39 is 0 Å². The molecule has 15 heavy (non-hydrogen) atoms. The topological polar surface area (TPSA) is 45.0 Å². The zero-order chi connectivity index (χ0) is 11.1. The smallest absolute Gasteiger partial charge is 0.120 e. The van der Waals surface area contributed by atoms with Crippen molar-refractivity contribution in [2.75, 3.05) is 13.7 Å². The molecule has 4 heteroatoms. The Morgan fingerprint density at radius 3 is 2.93 bits per heavy atom. The molecule has 0 heterocycles. The van der Waals surface area contributed by atoms with Crippen LogP contribution < -0.4 is 10.1 Å². The third kappa shape index (κ3) is 3.78. The molecule has 0 saturated heterocycles. The number of nitriles is 1. The molecule has 0 radical (unpaired) electrons. The summed E-state index contributed by atoms with van der Waals surface area (Å²) in [6.07, 6.45) is 0.508. The molecule has 0 aromatic heterocycles. The minimum Gasteiger partial charge on any atom is -0.497 e. The molecule has 0 amide bonds. The van der Waals surface area contributed by atoms with E-state index in [9.17, 15) is 0 Å². The van der Waals surface area contributed by atoms with Gasteiger partial charge in [0.1, 0.15) is 5.75 Å². The highest BCUT2D eigenvalue weighted by Crippen LogP contribution is 2.21. The second kappa shape index (κ2) is 6.28. The third-order valence-electron chi connectivity index (χ3n) is 1.99. The van der Waals surface area contributed by atoms with Crippen LogP contribution >= 0.6 is 11.6 Å². The van der Waals surface area contributed by atoms with Gasteiger partial charge in [0.2, 0.25) is 0 Å². The second-order valence-electron chi connectivity index (χ2n) is 3.04. The molecule has 0 saturated carbocycles. The Kier molecular flexibility index (Phi) is 4.96. The third-order valence-corrected chi connectivity index (χ3v) is 2.34. The monoisotopic (exact) mass is 224 g/mol. The van der Waals surface area contributed by atoms with E-state index in [0.29, 0.717) is 24.5 Å². The van der Waals surface area contributed by atoms with E-state index in [-0.39, 0.29) is 0 Å². The number of rotatable bonds is 5. The van der Waals surface area contributed by atoms with Gasteiger partial charge in [0, 0.05) is 24.5 Å². The van der Waals surface area contributed by atoms with Gasteiger partial charge in [-0.15, -0.1) is 0 Å². The normalized spacial score (nSPS) is 9.67. The van der Waals surface area contributed by atoms with Crippen molar-refractivity contribution in [1.29, 1.82) is 5.26 Å². The first kappa shape index (κ1) is 11.8. The fourth-order valence-corrected chi connectivity index (χ4v) is 1.40. The van der Waals surface area contributed by atoms with Gasteiger partial charge in [0.15, 0.2) is 0 Å². The Labute approximate surface area is 94.6 Å². The fraction of sp³-hybridized carbons (Fsp3) is 0.364. The van der Waals surface area contributed by atoms with Gasteiger partial charge in [-0.1, -0.05) is 17.7 Å². The van der Waals surface area contributed by atoms with Gasteiger partial charge in [0.05, 0.1) is 13.2 Å². The van der Waals surface area contributed by atoms with Crippen LogP contribution in [-0.2, 0) is 6.54 Å². The molecule has 1 N–H and O–H groups in total. The van der Waals surface area contributed by atoms with Gasteiger partial charge < -0.3 is 10.1 Å². The summed E-state index contributed by atoms with van der Waals surface area (Å²) in [6.45, 7) is 1.35. The number of benzene rings is 1. The van der Waals surface area contributed by atoms with Gasteiger partial charge in [-0.05, 0) is 17.7 Å². The van der Waals surface area contributed by atoms with Crippen LogP contribution in [0.25, 0.3) is 0 Å². The lowest BCUT2D eigenvalue weighted by molar-refractivity contribution is 0.414. The summed E-state index contributed by atoms with van der Waals surface area (Å²) >= 11 is 6.04. The van der Waals surface area contributed by atoms with Gasteiger partial charge >= 0.3 is 0 Å². The Morgan fingerprint density at radius 1 is 1.53 bits per heavy atom. The first-order valence-electron chi connectivity index (χ1n) is 4.68. The lowest BCUT2D eigenvalue weighted by atomic mass is 10.2. The van der Waals surface area contributed by atoms with Crippen LogP contribution in [0.3, 0.4) is 0 Å². The molecule has 1 aromatic rings. The van der Waals surface area contributed by atoms with E-state index in [0.717, 1.165) is 11.3 Å². The van der Waals surface area contributed by atoms with Crippen molar-refractivity contribution in [3.05, 3.63) is 28.8 Å². The van der Waals surface area contributed by atoms with Crippen LogP contribution in [0.1, 0.15) is 12.0 Å². The Bertz CT molecular complexity index is 360. The summed E-state index contributed by atoms with van der Waals surface area (Å²) in [4.78, 5) is 0. The molecule has 0 atom stereocenters. The predicted octanol–water partition coefficient (Wildman–Crippen LogP) is 2.35. The van der Waals surface area contributed by atoms with Crippen molar-refractivity contribution in [2.24, 2.45) is 0 Å². The second-order valence-corrected chi connectivity index (χ2v) is 3.45. The lowest BCUT2D eigenvalue weighted by Crippen LogP contribution is -2.14. The minimum absolute atomic E-state index is 0.508. The summed E-state index contributed by atoms with van der Waals surface area (Å²) in [7, 11) is 1.61. The highest BCUT2D eigenvalue weighted by atomic mass is 35.5. The molecule has 0 aliphatic heterocycles. The van der Waals surface area contributed by atoms with Crippen LogP contribution in [0.2, 0.25) is 5.02 Å². The average Bonchev–Trinajstić information content (AvgIpc) is 2.26. The van der Waals surface area contributed by atoms with Crippen LogP contribution in [0, 0.1) is 11.3 Å². The summed E-state index contributed by atoms with van der Waals surface area (Å²) < 4.78 is 5.05. The highest BCUT2D eigenvalue weighted by molar-refractivity contribution is 6.31. The Balaban J connectivity index is 2.51. The zero-order valence-corrected chi connectivity index (χ0v) is 9.34. The standard InChI is InChI=1S/C11H13ClN2O/c1-15-10-4-3-9(11(12)7-10)8-14-6-2-5-13/h3-4,7,14H,2,6,8H2,1H3. The number of methoxy groups -OCH3 is 1. The number of hydrogen-bond donors (Lipinski definition) is 1. The maximum absolute atomic E-state index is 8.35. The molecule has 0 bridgehead atoms. The van der Waals surface area contributed by atoms with Gasteiger partial charge in [-0.2, -0.15) is 5.26 Å². The molecular weight excluding hydrogens is 212 g/mol. The molecule has 1 aromatic carbocycles. The van der Waals surface area contributed by atoms with E-state index in [2.05, 4.69) is 11.4 Å². The van der Waals surface area contributed by atoms with E-state index >= 15 is 0 Å². The van der Waals surface area contributed by atoms with Crippen LogP contribution in [0.15, 0.2) is 18.2 Å².